The summed E-state index contributed by atoms with van der Waals surface area (Å²) in [6.07, 6.45) is 0. The van der Waals surface area contributed by atoms with Crippen LogP contribution in [0.1, 0.15) is 6.92 Å². The minimum Gasteiger partial charge on any atom is -0.258 e. The molecule has 0 fully saturated rings. The molecule has 0 aromatic heterocycles. The van der Waals surface area contributed by atoms with Gasteiger partial charge in [0, 0.05) is 12.1 Å². The lowest BCUT2D eigenvalue weighted by Crippen LogP contribution is -2.03. The van der Waals surface area contributed by atoms with Crippen molar-refractivity contribution >= 4 is 15.5 Å². The van der Waals surface area contributed by atoms with Gasteiger partial charge in [-0.2, -0.15) is 0 Å². The molecular weight excluding hydrogens is 206 g/mol. The van der Waals surface area contributed by atoms with E-state index in [9.17, 15) is 18.5 Å². The van der Waals surface area contributed by atoms with Crippen molar-refractivity contribution in [2.24, 2.45) is 0 Å². The Morgan fingerprint density at radius 3 is 2.57 bits per heavy atom. The van der Waals surface area contributed by atoms with Gasteiger partial charge in [0.15, 0.2) is 9.84 Å². The summed E-state index contributed by atoms with van der Waals surface area (Å²) in [5.41, 5.74) is -0.209. The lowest BCUT2D eigenvalue weighted by molar-refractivity contribution is -0.385. The van der Waals surface area contributed by atoms with Crippen molar-refractivity contribution in [2.45, 2.75) is 11.8 Å². The molecule has 0 bridgehead atoms. The SMILES string of the molecule is CCS(=O)(=O)c1cccc([N+](=O)[O-])c1. The standard InChI is InChI=1S/C8H9NO4S/c1-2-14(12,13)8-5-3-4-7(6-8)9(10)11/h3-6H,2H2,1H3. The topological polar surface area (TPSA) is 77.3 Å². The van der Waals surface area contributed by atoms with E-state index in [1.807, 2.05) is 0 Å². The molecule has 0 unspecified atom stereocenters. The van der Waals surface area contributed by atoms with Crippen LogP contribution in [0.5, 0.6) is 0 Å². The van der Waals surface area contributed by atoms with Crippen molar-refractivity contribution in [3.63, 3.8) is 0 Å². The van der Waals surface area contributed by atoms with E-state index >= 15 is 0 Å². The van der Waals surface area contributed by atoms with Crippen LogP contribution in [0.4, 0.5) is 5.69 Å². The monoisotopic (exact) mass is 215 g/mol. The largest absolute Gasteiger partial charge is 0.270 e. The summed E-state index contributed by atoms with van der Waals surface area (Å²) >= 11 is 0. The minimum absolute atomic E-state index is 0.00537. The van der Waals surface area contributed by atoms with E-state index < -0.39 is 14.8 Å². The third-order valence-electron chi connectivity index (χ3n) is 1.77. The smallest absolute Gasteiger partial charge is 0.258 e. The first-order chi connectivity index (χ1) is 6.47. The molecule has 1 rings (SSSR count). The van der Waals surface area contributed by atoms with E-state index in [4.69, 9.17) is 0 Å². The van der Waals surface area contributed by atoms with Gasteiger partial charge in [-0.05, 0) is 6.07 Å². The highest BCUT2D eigenvalue weighted by Gasteiger charge is 2.15. The average Bonchev–Trinajstić information content (AvgIpc) is 2.18. The van der Waals surface area contributed by atoms with Gasteiger partial charge in [-0.25, -0.2) is 8.42 Å². The van der Waals surface area contributed by atoms with E-state index in [0.29, 0.717) is 0 Å². The molecule has 1 aromatic rings. The van der Waals surface area contributed by atoms with Crippen molar-refractivity contribution in [2.75, 3.05) is 5.75 Å². The van der Waals surface area contributed by atoms with Gasteiger partial charge in [-0.1, -0.05) is 13.0 Å². The van der Waals surface area contributed by atoms with Crippen LogP contribution in [-0.2, 0) is 9.84 Å². The lowest BCUT2D eigenvalue weighted by atomic mass is 10.3. The molecule has 1 aromatic carbocycles. The number of sulfone groups is 1. The third kappa shape index (κ3) is 2.08. The molecule has 0 aliphatic carbocycles. The van der Waals surface area contributed by atoms with Gasteiger partial charge >= 0.3 is 0 Å². The Balaban J connectivity index is 3.26. The summed E-state index contributed by atoms with van der Waals surface area (Å²) in [6, 6.07) is 5.04. The first-order valence-electron chi connectivity index (χ1n) is 3.94. The van der Waals surface area contributed by atoms with E-state index in [1.54, 1.807) is 0 Å². The van der Waals surface area contributed by atoms with Crippen LogP contribution in [0.15, 0.2) is 29.2 Å². The highest BCUT2D eigenvalue weighted by atomic mass is 32.2. The van der Waals surface area contributed by atoms with Crippen LogP contribution in [0.3, 0.4) is 0 Å². The summed E-state index contributed by atoms with van der Waals surface area (Å²) in [6.45, 7) is 1.49. The molecule has 6 heteroatoms. The average molecular weight is 215 g/mol. The second-order valence-electron chi connectivity index (χ2n) is 2.66. The van der Waals surface area contributed by atoms with Gasteiger partial charge in [0.1, 0.15) is 0 Å². The van der Waals surface area contributed by atoms with Crippen LogP contribution in [0, 0.1) is 10.1 Å². The van der Waals surface area contributed by atoms with Gasteiger partial charge < -0.3 is 0 Å². The summed E-state index contributed by atoms with van der Waals surface area (Å²) in [4.78, 5) is 9.76. The van der Waals surface area contributed by atoms with Gasteiger partial charge in [-0.15, -0.1) is 0 Å². The van der Waals surface area contributed by atoms with Crippen molar-refractivity contribution < 1.29 is 13.3 Å². The van der Waals surface area contributed by atoms with Gasteiger partial charge in [0.2, 0.25) is 0 Å². The maximum atomic E-state index is 11.4. The Bertz CT molecular complexity index is 452. The molecule has 5 nitrogen and oxygen atoms in total. The van der Waals surface area contributed by atoms with E-state index in [1.165, 1.54) is 25.1 Å². The maximum absolute atomic E-state index is 11.4. The van der Waals surface area contributed by atoms with Crippen LogP contribution < -0.4 is 0 Å². The zero-order chi connectivity index (χ0) is 10.8. The molecule has 0 N–H and O–H groups in total. The Labute approximate surface area is 81.4 Å². The number of benzene rings is 1. The first kappa shape index (κ1) is 10.6. The molecule has 14 heavy (non-hydrogen) atoms. The molecule has 0 heterocycles. The Morgan fingerprint density at radius 2 is 2.07 bits per heavy atom. The second kappa shape index (κ2) is 3.75. The summed E-state index contributed by atoms with van der Waals surface area (Å²) < 4.78 is 22.7. The highest BCUT2D eigenvalue weighted by Crippen LogP contribution is 2.17. The van der Waals surface area contributed by atoms with E-state index in [2.05, 4.69) is 0 Å². The maximum Gasteiger partial charge on any atom is 0.270 e. The normalized spacial score (nSPS) is 11.2. The minimum atomic E-state index is -3.36. The Morgan fingerprint density at radius 1 is 1.43 bits per heavy atom. The Kier molecular flexibility index (Phi) is 2.85. The zero-order valence-corrected chi connectivity index (χ0v) is 8.32. The molecule has 76 valence electrons. The number of hydrogen-bond acceptors (Lipinski definition) is 4. The lowest BCUT2D eigenvalue weighted by Gasteiger charge is -1.99. The first-order valence-corrected chi connectivity index (χ1v) is 5.60. The fourth-order valence-electron chi connectivity index (χ4n) is 0.957. The molecule has 0 amide bonds. The Hall–Kier alpha value is -1.43. The molecule has 0 spiro atoms. The van der Waals surface area contributed by atoms with Crippen LogP contribution >= 0.6 is 0 Å². The number of rotatable bonds is 3. The van der Waals surface area contributed by atoms with E-state index in [0.717, 1.165) is 6.07 Å². The summed E-state index contributed by atoms with van der Waals surface area (Å²) in [5.74, 6) is -0.0613. The quantitative estimate of drug-likeness (QED) is 0.563. The van der Waals surface area contributed by atoms with Crippen LogP contribution in [0.25, 0.3) is 0 Å². The number of hydrogen-bond donors (Lipinski definition) is 0. The van der Waals surface area contributed by atoms with E-state index in [-0.39, 0.29) is 16.3 Å². The van der Waals surface area contributed by atoms with Crippen molar-refractivity contribution in [3.8, 4) is 0 Å². The van der Waals surface area contributed by atoms with Crippen molar-refractivity contribution in [1.29, 1.82) is 0 Å². The fraction of sp³-hybridized carbons (Fsp3) is 0.250. The molecule has 0 saturated heterocycles. The molecule has 0 atom stereocenters. The molecule has 0 aliphatic rings. The number of nitro benzene ring substituents is 1. The van der Waals surface area contributed by atoms with Gasteiger partial charge in [0.25, 0.3) is 5.69 Å². The van der Waals surface area contributed by atoms with Gasteiger partial charge in [0.05, 0.1) is 15.6 Å². The second-order valence-corrected chi connectivity index (χ2v) is 4.94. The predicted octanol–water partition coefficient (Wildman–Crippen LogP) is 1.39. The molecule has 0 saturated carbocycles. The van der Waals surface area contributed by atoms with Crippen LogP contribution in [-0.4, -0.2) is 19.1 Å². The van der Waals surface area contributed by atoms with Gasteiger partial charge in [-0.3, -0.25) is 10.1 Å². The summed E-state index contributed by atoms with van der Waals surface area (Å²) in [7, 11) is -3.36. The molecule has 0 radical (unpaired) electrons. The number of non-ortho nitro benzene ring substituents is 1. The fourth-order valence-corrected chi connectivity index (χ4v) is 1.88. The zero-order valence-electron chi connectivity index (χ0n) is 7.50. The molecule has 0 aliphatic heterocycles. The molecular formula is C8H9NO4S. The third-order valence-corrected chi connectivity index (χ3v) is 3.50. The van der Waals surface area contributed by atoms with Crippen molar-refractivity contribution in [1.82, 2.24) is 0 Å². The van der Waals surface area contributed by atoms with Crippen LogP contribution in [0.2, 0.25) is 0 Å². The summed E-state index contributed by atoms with van der Waals surface area (Å²) in [5, 5.41) is 10.4. The number of nitrogens with zero attached hydrogens (tertiary/aromatic N) is 1. The van der Waals surface area contributed by atoms with Crippen molar-refractivity contribution in [3.05, 3.63) is 34.4 Å². The number of nitro groups is 1. The highest BCUT2D eigenvalue weighted by molar-refractivity contribution is 7.91. The predicted molar refractivity (Wildman–Crippen MR) is 50.8 cm³/mol.